The summed E-state index contributed by atoms with van der Waals surface area (Å²) in [5, 5.41) is 0.625. The lowest BCUT2D eigenvalue weighted by atomic mass is 10.1. The van der Waals surface area contributed by atoms with E-state index >= 15 is 0 Å². The standard InChI is InChI=1S/C10H9ClO2S/c1-14-10-6-7(2-3-8(10)11)9(13)4-5-12/h2-3,5-6H,4H2,1H3. The van der Waals surface area contributed by atoms with Crippen LogP contribution in [0.1, 0.15) is 16.8 Å². The van der Waals surface area contributed by atoms with E-state index in [0.717, 1.165) is 4.90 Å². The minimum atomic E-state index is -0.174. The van der Waals surface area contributed by atoms with Gasteiger partial charge in [0.25, 0.3) is 0 Å². The van der Waals surface area contributed by atoms with Crippen LogP contribution >= 0.6 is 23.4 Å². The molecule has 0 amide bonds. The van der Waals surface area contributed by atoms with Crippen molar-refractivity contribution in [1.82, 2.24) is 0 Å². The van der Waals surface area contributed by atoms with Crippen molar-refractivity contribution in [2.75, 3.05) is 6.26 Å². The third-order valence-corrected chi connectivity index (χ3v) is 2.96. The summed E-state index contributed by atoms with van der Waals surface area (Å²) in [6, 6.07) is 5.01. The molecule has 0 saturated carbocycles. The molecule has 0 N–H and O–H groups in total. The summed E-state index contributed by atoms with van der Waals surface area (Å²) in [7, 11) is 0. The van der Waals surface area contributed by atoms with Gasteiger partial charge in [-0.05, 0) is 24.5 Å². The number of rotatable bonds is 4. The van der Waals surface area contributed by atoms with Gasteiger partial charge in [-0.15, -0.1) is 11.8 Å². The fourth-order valence-corrected chi connectivity index (χ4v) is 1.88. The lowest BCUT2D eigenvalue weighted by Gasteiger charge is -2.02. The second-order valence-electron chi connectivity index (χ2n) is 2.64. The molecule has 2 nitrogen and oxygen atoms in total. The molecule has 0 radical (unpaired) electrons. The van der Waals surface area contributed by atoms with Crippen LogP contribution in [0.2, 0.25) is 5.02 Å². The van der Waals surface area contributed by atoms with Gasteiger partial charge >= 0.3 is 0 Å². The van der Waals surface area contributed by atoms with Gasteiger partial charge in [-0.2, -0.15) is 0 Å². The molecular formula is C10H9ClO2S. The first kappa shape index (κ1) is 11.3. The summed E-state index contributed by atoms with van der Waals surface area (Å²) in [5.41, 5.74) is 0.533. The quantitative estimate of drug-likeness (QED) is 0.344. The number of hydrogen-bond donors (Lipinski definition) is 0. The first-order chi connectivity index (χ1) is 6.69. The fraction of sp³-hybridized carbons (Fsp3) is 0.200. The molecule has 1 aromatic rings. The van der Waals surface area contributed by atoms with Crippen molar-refractivity contribution >= 4 is 35.4 Å². The summed E-state index contributed by atoms with van der Waals surface area (Å²) in [5.74, 6) is -0.174. The molecule has 0 fully saturated rings. The number of halogens is 1. The van der Waals surface area contributed by atoms with Crippen LogP contribution in [0.4, 0.5) is 0 Å². The highest BCUT2D eigenvalue weighted by molar-refractivity contribution is 7.98. The number of carbonyl (C=O) groups excluding carboxylic acids is 2. The average Bonchev–Trinajstić information content (AvgIpc) is 2.19. The van der Waals surface area contributed by atoms with Crippen LogP contribution in [0, 0.1) is 0 Å². The van der Waals surface area contributed by atoms with Gasteiger partial charge in [0.05, 0.1) is 11.4 Å². The minimum absolute atomic E-state index is 0.0740. The number of thioether (sulfide) groups is 1. The highest BCUT2D eigenvalue weighted by atomic mass is 35.5. The van der Waals surface area contributed by atoms with E-state index < -0.39 is 0 Å². The van der Waals surface area contributed by atoms with E-state index in [4.69, 9.17) is 11.6 Å². The van der Waals surface area contributed by atoms with E-state index in [9.17, 15) is 9.59 Å². The van der Waals surface area contributed by atoms with Gasteiger partial charge in [-0.1, -0.05) is 11.6 Å². The Balaban J connectivity index is 2.99. The third-order valence-electron chi connectivity index (χ3n) is 1.74. The SMILES string of the molecule is CSc1cc(C(=O)CC=O)ccc1Cl. The lowest BCUT2D eigenvalue weighted by molar-refractivity contribution is -0.107. The van der Waals surface area contributed by atoms with Gasteiger partial charge in [-0.3, -0.25) is 4.79 Å². The summed E-state index contributed by atoms with van der Waals surface area (Å²) in [4.78, 5) is 22.3. The molecule has 0 aliphatic carbocycles. The number of benzene rings is 1. The smallest absolute Gasteiger partial charge is 0.169 e. The van der Waals surface area contributed by atoms with Crippen LogP contribution in [0.5, 0.6) is 0 Å². The minimum Gasteiger partial charge on any atom is -0.303 e. The molecule has 0 saturated heterocycles. The molecule has 0 heterocycles. The normalized spacial score (nSPS) is 9.86. The third kappa shape index (κ3) is 2.59. The molecule has 74 valence electrons. The zero-order valence-electron chi connectivity index (χ0n) is 7.62. The van der Waals surface area contributed by atoms with Gasteiger partial charge in [0.15, 0.2) is 5.78 Å². The van der Waals surface area contributed by atoms with Crippen LogP contribution in [-0.4, -0.2) is 18.3 Å². The van der Waals surface area contributed by atoms with Crippen molar-refractivity contribution < 1.29 is 9.59 Å². The van der Waals surface area contributed by atoms with E-state index in [2.05, 4.69) is 0 Å². The van der Waals surface area contributed by atoms with Crippen molar-refractivity contribution in [3.8, 4) is 0 Å². The molecule has 0 unspecified atom stereocenters. The van der Waals surface area contributed by atoms with E-state index in [0.29, 0.717) is 16.9 Å². The first-order valence-corrected chi connectivity index (χ1v) is 5.59. The Morgan fingerprint density at radius 2 is 2.29 bits per heavy atom. The molecule has 0 aromatic heterocycles. The summed E-state index contributed by atoms with van der Waals surface area (Å²) < 4.78 is 0. The maximum Gasteiger partial charge on any atom is 0.169 e. The van der Waals surface area contributed by atoms with Gasteiger partial charge in [-0.25, -0.2) is 0 Å². The van der Waals surface area contributed by atoms with Crippen LogP contribution in [0.3, 0.4) is 0 Å². The van der Waals surface area contributed by atoms with Crippen LogP contribution in [-0.2, 0) is 4.79 Å². The highest BCUT2D eigenvalue weighted by Gasteiger charge is 2.07. The van der Waals surface area contributed by atoms with Gasteiger partial charge in [0, 0.05) is 10.5 Å². The molecule has 4 heteroatoms. The van der Waals surface area contributed by atoms with Crippen molar-refractivity contribution in [2.24, 2.45) is 0 Å². The Labute approximate surface area is 91.6 Å². The van der Waals surface area contributed by atoms with Gasteiger partial charge in [0.2, 0.25) is 0 Å². The molecule has 14 heavy (non-hydrogen) atoms. The fourth-order valence-electron chi connectivity index (χ4n) is 1.03. The largest absolute Gasteiger partial charge is 0.303 e. The number of ketones is 1. The van der Waals surface area contributed by atoms with Crippen molar-refractivity contribution in [3.05, 3.63) is 28.8 Å². The lowest BCUT2D eigenvalue weighted by Crippen LogP contribution is -1.99. The second kappa shape index (κ2) is 5.17. The Morgan fingerprint density at radius 1 is 1.57 bits per heavy atom. The van der Waals surface area contributed by atoms with Crippen LogP contribution in [0.15, 0.2) is 23.1 Å². The Kier molecular flexibility index (Phi) is 4.17. The molecule has 0 atom stereocenters. The number of Topliss-reactive ketones (excluding diaryl/α,β-unsaturated/α-hetero) is 1. The first-order valence-electron chi connectivity index (χ1n) is 3.99. The summed E-state index contributed by atoms with van der Waals surface area (Å²) >= 11 is 7.35. The van der Waals surface area contributed by atoms with E-state index in [1.165, 1.54) is 11.8 Å². The van der Waals surface area contributed by atoms with E-state index in [-0.39, 0.29) is 12.2 Å². The maximum atomic E-state index is 11.3. The molecule has 0 spiro atoms. The average molecular weight is 229 g/mol. The zero-order valence-corrected chi connectivity index (χ0v) is 9.19. The van der Waals surface area contributed by atoms with Gasteiger partial charge < -0.3 is 4.79 Å². The Hall–Kier alpha value is -0.800. The summed E-state index contributed by atoms with van der Waals surface area (Å²) in [6.07, 6.45) is 2.42. The molecule has 0 bridgehead atoms. The Morgan fingerprint density at radius 3 is 2.86 bits per heavy atom. The number of aldehydes is 1. The van der Waals surface area contributed by atoms with Crippen molar-refractivity contribution in [1.29, 1.82) is 0 Å². The topological polar surface area (TPSA) is 34.1 Å². The molecule has 0 aliphatic heterocycles. The predicted molar refractivity (Wildman–Crippen MR) is 58.2 cm³/mol. The molecule has 1 rings (SSSR count). The monoisotopic (exact) mass is 228 g/mol. The van der Waals surface area contributed by atoms with Crippen LogP contribution < -0.4 is 0 Å². The van der Waals surface area contributed by atoms with E-state index in [1.54, 1.807) is 18.2 Å². The van der Waals surface area contributed by atoms with Crippen molar-refractivity contribution in [3.63, 3.8) is 0 Å². The second-order valence-corrected chi connectivity index (χ2v) is 3.90. The van der Waals surface area contributed by atoms with Crippen LogP contribution in [0.25, 0.3) is 0 Å². The maximum absolute atomic E-state index is 11.3. The summed E-state index contributed by atoms with van der Waals surface area (Å²) in [6.45, 7) is 0. The zero-order chi connectivity index (χ0) is 10.6. The number of carbonyl (C=O) groups is 2. The van der Waals surface area contributed by atoms with Gasteiger partial charge in [0.1, 0.15) is 6.29 Å². The number of hydrogen-bond acceptors (Lipinski definition) is 3. The van der Waals surface area contributed by atoms with E-state index in [1.807, 2.05) is 6.26 Å². The molecule has 0 aliphatic rings. The Bertz CT molecular complexity index is 363. The van der Waals surface area contributed by atoms with Crippen molar-refractivity contribution in [2.45, 2.75) is 11.3 Å². The predicted octanol–water partition coefficient (Wildman–Crippen LogP) is 2.83. The molecular weight excluding hydrogens is 220 g/mol. The highest BCUT2D eigenvalue weighted by Crippen LogP contribution is 2.26. The molecule has 1 aromatic carbocycles.